The van der Waals surface area contributed by atoms with Crippen molar-refractivity contribution in [1.29, 1.82) is 0 Å². The van der Waals surface area contributed by atoms with Gasteiger partial charge in [-0.2, -0.15) is 0 Å². The summed E-state index contributed by atoms with van der Waals surface area (Å²) >= 11 is 0. The second-order valence-electron chi connectivity index (χ2n) is 3.02. The molecule has 6 heteroatoms. The van der Waals surface area contributed by atoms with Crippen LogP contribution in [-0.2, 0) is 0 Å². The molecule has 1 aliphatic heterocycles. The van der Waals surface area contributed by atoms with Crippen molar-refractivity contribution < 1.29 is 4.65 Å². The SMILES string of the molecule is Cc1nnc2n1-c1ccncc1O[B]2. The molecule has 0 unspecified atom stereocenters. The van der Waals surface area contributed by atoms with Gasteiger partial charge in [0.2, 0.25) is 0 Å². The Balaban J connectivity index is 2.32. The third-order valence-corrected chi connectivity index (χ3v) is 2.14. The normalized spacial score (nSPS) is 12.4. The molecule has 0 aromatic carbocycles. The van der Waals surface area contributed by atoms with Crippen molar-refractivity contribution >= 4 is 13.2 Å². The van der Waals surface area contributed by atoms with Crippen LogP contribution in [0.4, 0.5) is 0 Å². The number of hydrogen-bond acceptors (Lipinski definition) is 4. The highest BCUT2D eigenvalue weighted by atomic mass is 16.4. The quantitative estimate of drug-likeness (QED) is 0.524. The van der Waals surface area contributed by atoms with E-state index in [0.29, 0.717) is 5.72 Å². The first-order valence-electron chi connectivity index (χ1n) is 4.22. The Hall–Kier alpha value is -1.85. The molecule has 0 amide bonds. The molecular formula is C8H6BN4O. The van der Waals surface area contributed by atoms with Crippen molar-refractivity contribution in [3.05, 3.63) is 24.3 Å². The molecule has 0 saturated carbocycles. The van der Waals surface area contributed by atoms with Crippen molar-refractivity contribution in [2.45, 2.75) is 6.92 Å². The molecule has 2 aromatic heterocycles. The number of nitrogens with zero attached hydrogens (tertiary/aromatic N) is 4. The van der Waals surface area contributed by atoms with Crippen LogP contribution in [0.15, 0.2) is 18.5 Å². The summed E-state index contributed by atoms with van der Waals surface area (Å²) in [6.45, 7) is 1.90. The topological polar surface area (TPSA) is 52.8 Å². The van der Waals surface area contributed by atoms with Crippen molar-refractivity contribution in [2.75, 3.05) is 0 Å². The van der Waals surface area contributed by atoms with Crippen LogP contribution < -0.4 is 10.4 Å². The molecule has 14 heavy (non-hydrogen) atoms. The average molecular weight is 185 g/mol. The van der Waals surface area contributed by atoms with Crippen LogP contribution in [0.3, 0.4) is 0 Å². The summed E-state index contributed by atoms with van der Waals surface area (Å²) in [5.41, 5.74) is 1.64. The van der Waals surface area contributed by atoms with Gasteiger partial charge in [-0.25, -0.2) is 0 Å². The Morgan fingerprint density at radius 1 is 1.43 bits per heavy atom. The van der Waals surface area contributed by atoms with Crippen LogP contribution in [-0.4, -0.2) is 27.2 Å². The number of aromatic nitrogens is 4. The molecule has 1 radical (unpaired) electrons. The molecule has 2 aromatic rings. The second-order valence-corrected chi connectivity index (χ2v) is 3.02. The molecule has 0 aliphatic carbocycles. The zero-order valence-electron chi connectivity index (χ0n) is 7.51. The summed E-state index contributed by atoms with van der Waals surface area (Å²) in [7, 11) is 1.57. The Morgan fingerprint density at radius 3 is 3.29 bits per heavy atom. The summed E-state index contributed by atoms with van der Waals surface area (Å²) in [5.74, 6) is 1.56. The number of rotatable bonds is 0. The van der Waals surface area contributed by atoms with Crippen molar-refractivity contribution in [2.24, 2.45) is 0 Å². The average Bonchev–Trinajstić information content (AvgIpc) is 2.61. The van der Waals surface area contributed by atoms with Gasteiger partial charge in [0, 0.05) is 6.20 Å². The Morgan fingerprint density at radius 2 is 2.36 bits per heavy atom. The first-order chi connectivity index (χ1) is 6.86. The number of aryl methyl sites for hydroxylation is 1. The molecule has 0 N–H and O–H groups in total. The van der Waals surface area contributed by atoms with Gasteiger partial charge < -0.3 is 4.65 Å². The van der Waals surface area contributed by atoms with Crippen molar-refractivity contribution in [3.8, 4) is 11.4 Å². The molecule has 5 nitrogen and oxygen atoms in total. The first-order valence-corrected chi connectivity index (χ1v) is 4.22. The van der Waals surface area contributed by atoms with Crippen LogP contribution in [0.25, 0.3) is 5.69 Å². The van der Waals surface area contributed by atoms with Gasteiger partial charge in [0.25, 0.3) is 0 Å². The van der Waals surface area contributed by atoms with Gasteiger partial charge in [0.1, 0.15) is 17.3 Å². The number of pyridine rings is 1. The highest BCUT2D eigenvalue weighted by Crippen LogP contribution is 2.23. The summed E-state index contributed by atoms with van der Waals surface area (Å²) in [4.78, 5) is 3.99. The fourth-order valence-corrected chi connectivity index (χ4v) is 1.52. The standard InChI is InChI=1S/C8H6BN4O/c1-5-11-12-8-9-14-7-4-10-3-2-6(7)13(5)8/h2-4H,1H3. The Labute approximate surface area is 81.0 Å². The molecule has 0 atom stereocenters. The van der Waals surface area contributed by atoms with Gasteiger partial charge in [-0.3, -0.25) is 9.55 Å². The zero-order chi connectivity index (χ0) is 9.54. The first kappa shape index (κ1) is 7.55. The predicted octanol–water partition coefficient (Wildman–Crippen LogP) is -0.392. The molecule has 0 bridgehead atoms. The fourth-order valence-electron chi connectivity index (χ4n) is 1.52. The van der Waals surface area contributed by atoms with Gasteiger partial charge in [-0.1, -0.05) is 0 Å². The van der Waals surface area contributed by atoms with Crippen LogP contribution in [0.1, 0.15) is 5.82 Å². The molecule has 67 valence electrons. The minimum absolute atomic E-state index is 0.709. The Bertz CT molecular complexity index is 496. The van der Waals surface area contributed by atoms with Crippen molar-refractivity contribution in [3.63, 3.8) is 0 Å². The molecular weight excluding hydrogens is 179 g/mol. The van der Waals surface area contributed by atoms with Gasteiger partial charge >= 0.3 is 7.48 Å². The van der Waals surface area contributed by atoms with Gasteiger partial charge in [0.05, 0.1) is 11.9 Å². The molecule has 0 fully saturated rings. The lowest BCUT2D eigenvalue weighted by Gasteiger charge is -2.17. The van der Waals surface area contributed by atoms with E-state index < -0.39 is 0 Å². The highest BCUT2D eigenvalue weighted by Gasteiger charge is 2.22. The smallest absolute Gasteiger partial charge is 0.453 e. The molecule has 3 rings (SSSR count). The summed E-state index contributed by atoms with van der Waals surface area (Å²) in [6.07, 6.45) is 3.39. The zero-order valence-corrected chi connectivity index (χ0v) is 7.51. The summed E-state index contributed by atoms with van der Waals surface area (Å²) < 4.78 is 7.28. The maximum absolute atomic E-state index is 5.35. The fraction of sp³-hybridized carbons (Fsp3) is 0.125. The van der Waals surface area contributed by atoms with Gasteiger partial charge in [-0.15, -0.1) is 10.2 Å². The van der Waals surface area contributed by atoms with Crippen LogP contribution in [0, 0.1) is 6.92 Å². The van der Waals surface area contributed by atoms with Crippen LogP contribution in [0.5, 0.6) is 5.75 Å². The van der Waals surface area contributed by atoms with E-state index in [1.165, 1.54) is 0 Å². The van der Waals surface area contributed by atoms with E-state index in [0.717, 1.165) is 17.3 Å². The lowest BCUT2D eigenvalue weighted by molar-refractivity contribution is 0.581. The maximum Gasteiger partial charge on any atom is 0.453 e. The Kier molecular flexibility index (Phi) is 1.39. The molecule has 0 saturated heterocycles. The van der Waals surface area contributed by atoms with E-state index in [9.17, 15) is 0 Å². The summed E-state index contributed by atoms with van der Waals surface area (Å²) in [6, 6.07) is 1.88. The summed E-state index contributed by atoms with van der Waals surface area (Å²) in [5, 5.41) is 7.95. The van der Waals surface area contributed by atoms with Gasteiger partial charge in [0.15, 0.2) is 0 Å². The van der Waals surface area contributed by atoms with Crippen LogP contribution >= 0.6 is 0 Å². The predicted molar refractivity (Wildman–Crippen MR) is 49.9 cm³/mol. The number of hydrogen-bond donors (Lipinski definition) is 0. The van der Waals surface area contributed by atoms with Gasteiger partial charge in [-0.05, 0) is 13.0 Å². The van der Waals surface area contributed by atoms with E-state index in [1.807, 2.05) is 17.6 Å². The van der Waals surface area contributed by atoms with Crippen molar-refractivity contribution in [1.82, 2.24) is 19.7 Å². The van der Waals surface area contributed by atoms with E-state index in [1.54, 1.807) is 19.9 Å². The third kappa shape index (κ3) is 0.877. The minimum atomic E-state index is 0.709. The highest BCUT2D eigenvalue weighted by molar-refractivity contribution is 6.46. The molecule has 3 heterocycles. The second kappa shape index (κ2) is 2.57. The van der Waals surface area contributed by atoms with E-state index in [-0.39, 0.29) is 0 Å². The third-order valence-electron chi connectivity index (χ3n) is 2.14. The lowest BCUT2D eigenvalue weighted by atomic mass is 9.98. The maximum atomic E-state index is 5.35. The van der Waals surface area contributed by atoms with E-state index in [2.05, 4.69) is 15.2 Å². The number of fused-ring (bicyclic) bond motifs is 3. The largest absolute Gasteiger partial charge is 0.553 e. The van der Waals surface area contributed by atoms with E-state index in [4.69, 9.17) is 4.65 Å². The molecule has 1 aliphatic rings. The molecule has 0 spiro atoms. The lowest BCUT2D eigenvalue weighted by Crippen LogP contribution is -2.34. The van der Waals surface area contributed by atoms with Crippen LogP contribution in [0.2, 0.25) is 0 Å². The minimum Gasteiger partial charge on any atom is -0.553 e. The monoisotopic (exact) mass is 185 g/mol. The van der Waals surface area contributed by atoms with E-state index >= 15 is 0 Å².